The van der Waals surface area contributed by atoms with Gasteiger partial charge in [-0.3, -0.25) is 62.5 Å². The van der Waals surface area contributed by atoms with E-state index in [0.29, 0.717) is 37.1 Å². The van der Waals surface area contributed by atoms with Gasteiger partial charge in [-0.2, -0.15) is 11.8 Å². The summed E-state index contributed by atoms with van der Waals surface area (Å²) < 4.78 is 0. The summed E-state index contributed by atoms with van der Waals surface area (Å²) in [4.78, 5) is 164. The molecule has 0 saturated carbocycles. The molecule has 26 nitrogen and oxygen atoms in total. The Labute approximate surface area is 452 Å². The topological polar surface area (TPSA) is 452 Å². The van der Waals surface area contributed by atoms with Crippen molar-refractivity contribution >= 4 is 110 Å². The predicted octanol–water partition coefficient (Wildman–Crippen LogP) is -3.02. The first-order chi connectivity index (χ1) is 36.1. The van der Waals surface area contributed by atoms with Crippen molar-refractivity contribution in [2.75, 3.05) is 49.7 Å². The molecule has 1 heterocycles. The summed E-state index contributed by atoms with van der Waals surface area (Å²) in [6, 6.07) is 1.25. The molecular weight excluding hydrogens is 1050 g/mol. The molecule has 0 aliphatic carbocycles. The normalized spacial score (nSPS) is 22.5. The summed E-state index contributed by atoms with van der Waals surface area (Å²) >= 11 is 1.36. The van der Waals surface area contributed by atoms with E-state index in [2.05, 4.69) is 42.2 Å². The first-order valence-electron chi connectivity index (χ1n) is 24.6. The zero-order valence-corrected chi connectivity index (χ0v) is 44.9. The molecule has 0 unspecified atom stereocenters. The van der Waals surface area contributed by atoms with Crippen LogP contribution in [0.5, 0.6) is 0 Å². The molecule has 1 fully saturated rings. The summed E-state index contributed by atoms with van der Waals surface area (Å²) in [5.41, 5.74) is 28.2. The highest BCUT2D eigenvalue weighted by Gasteiger charge is 2.34. The van der Waals surface area contributed by atoms with E-state index in [1.807, 2.05) is 0 Å². The first-order valence-corrected chi connectivity index (χ1v) is 28.4. The Balaban J connectivity index is 2.65. The molecule has 422 valence electrons. The number of hydrogen-bond acceptors (Lipinski definition) is 17. The number of benzene rings is 1. The second-order valence-corrected chi connectivity index (χ2v) is 21.3. The van der Waals surface area contributed by atoms with Gasteiger partial charge in [0.25, 0.3) is 0 Å². The Bertz CT molecular complexity index is 2190. The van der Waals surface area contributed by atoms with E-state index in [0.717, 1.165) is 21.6 Å². The molecule has 9 amide bonds. The molecule has 0 bridgehead atoms. The molecule has 7 atom stereocenters. The minimum atomic E-state index is -1.84. The Hall–Kier alpha value is -6.46. The van der Waals surface area contributed by atoms with E-state index in [1.54, 1.807) is 36.6 Å². The van der Waals surface area contributed by atoms with Crippen LogP contribution in [0.1, 0.15) is 82.6 Å². The summed E-state index contributed by atoms with van der Waals surface area (Å²) in [6.45, 7) is -0.947. The minimum absolute atomic E-state index is 0.000341. The van der Waals surface area contributed by atoms with Crippen molar-refractivity contribution in [2.45, 2.75) is 114 Å². The van der Waals surface area contributed by atoms with Crippen molar-refractivity contribution < 1.29 is 62.6 Å². The third kappa shape index (κ3) is 27.4. The molecule has 1 saturated heterocycles. The average Bonchev–Trinajstić information content (AvgIpc) is 3.36. The largest absolute Gasteiger partial charge is 0.481 e. The van der Waals surface area contributed by atoms with Crippen LogP contribution in [0.2, 0.25) is 0 Å². The Morgan fingerprint density at radius 1 is 0.658 bits per heavy atom. The van der Waals surface area contributed by atoms with Crippen LogP contribution in [-0.2, 0) is 64.0 Å². The SMILES string of the molecule is CSCC[C@H]1NC(=O)[C@@H](CCCN=C(N)N)CC(=O)CNC(=O)[C@H](CC(=O)O)NC(=O)[C@@H](CCC(N)=O)NC(=O)[C@H](CC(=O)CCCCCN)CSSC[C@H](C(N)=O)NC(=O)[C@@H](Cc2ccccc2)NC(=O)CNC1=O. The van der Waals surface area contributed by atoms with Gasteiger partial charge in [-0.15, -0.1) is 0 Å². The van der Waals surface area contributed by atoms with Crippen LogP contribution in [0.3, 0.4) is 0 Å². The fourth-order valence-corrected chi connectivity index (χ4v) is 10.3. The van der Waals surface area contributed by atoms with Gasteiger partial charge in [0.2, 0.25) is 53.2 Å². The van der Waals surface area contributed by atoms with Gasteiger partial charge in [0.05, 0.1) is 25.4 Å². The lowest BCUT2D eigenvalue weighted by Crippen LogP contribution is -2.56. The molecule has 1 aromatic rings. The number of aliphatic carboxylic acids is 1. The van der Waals surface area contributed by atoms with Gasteiger partial charge in [-0.1, -0.05) is 58.3 Å². The minimum Gasteiger partial charge on any atom is -0.481 e. The molecule has 0 aromatic heterocycles. The first kappa shape index (κ1) is 65.7. The van der Waals surface area contributed by atoms with Gasteiger partial charge in [0.15, 0.2) is 11.7 Å². The van der Waals surface area contributed by atoms with Crippen LogP contribution < -0.4 is 65.9 Å². The Morgan fingerprint density at radius 2 is 1.28 bits per heavy atom. The number of carboxylic acid groups (broad SMARTS) is 1. The number of guanidine groups is 1. The number of nitrogens with two attached hydrogens (primary N) is 5. The van der Waals surface area contributed by atoms with Gasteiger partial charge in [-0.05, 0) is 62.6 Å². The quantitative estimate of drug-likeness (QED) is 0.0238. The lowest BCUT2D eigenvalue weighted by molar-refractivity contribution is -0.141. The number of amides is 9. The maximum Gasteiger partial charge on any atom is 0.305 e. The molecule has 0 radical (unpaired) electrons. The molecule has 76 heavy (non-hydrogen) atoms. The number of nitrogens with one attached hydrogen (secondary N) is 7. The van der Waals surface area contributed by atoms with Gasteiger partial charge >= 0.3 is 5.97 Å². The Kier molecular flexibility index (Phi) is 31.5. The van der Waals surface area contributed by atoms with Gasteiger partial charge < -0.3 is 71.0 Å². The van der Waals surface area contributed by atoms with Crippen molar-refractivity contribution in [2.24, 2.45) is 45.5 Å². The van der Waals surface area contributed by atoms with E-state index in [4.69, 9.17) is 28.7 Å². The number of primary amides is 2. The van der Waals surface area contributed by atoms with Crippen LogP contribution in [0, 0.1) is 11.8 Å². The number of nitrogens with zero attached hydrogens (tertiary/aromatic N) is 1. The number of carbonyl (C=O) groups excluding carboxylic acids is 11. The lowest BCUT2D eigenvalue weighted by atomic mass is 9.95. The highest BCUT2D eigenvalue weighted by molar-refractivity contribution is 8.76. The number of carboxylic acids is 1. The summed E-state index contributed by atoms with van der Waals surface area (Å²) in [5.74, 6) is -13.1. The number of rotatable bonds is 22. The highest BCUT2D eigenvalue weighted by atomic mass is 33.1. The van der Waals surface area contributed by atoms with Crippen molar-refractivity contribution in [3.8, 4) is 0 Å². The van der Waals surface area contributed by atoms with Crippen molar-refractivity contribution in [3.05, 3.63) is 35.9 Å². The maximum absolute atomic E-state index is 14.0. The third-order valence-electron chi connectivity index (χ3n) is 11.5. The average molecular weight is 1120 g/mol. The van der Waals surface area contributed by atoms with Crippen LogP contribution in [0.4, 0.5) is 0 Å². The number of unbranched alkanes of at least 4 members (excludes halogenated alkanes) is 2. The highest BCUT2D eigenvalue weighted by Crippen LogP contribution is 2.27. The number of aliphatic imine (C=N–C) groups is 1. The fraction of sp³-hybridized carbons (Fsp3) is 0.596. The number of ketones is 2. The second-order valence-electron chi connectivity index (χ2n) is 17.8. The molecule has 0 spiro atoms. The van der Waals surface area contributed by atoms with Crippen LogP contribution in [0.15, 0.2) is 35.3 Å². The molecule has 1 aromatic carbocycles. The molecular formula is C47H73N13O13S3. The van der Waals surface area contributed by atoms with Gasteiger partial charge in [-0.25, -0.2) is 0 Å². The second kappa shape index (κ2) is 36.5. The monoisotopic (exact) mass is 1120 g/mol. The standard InChI is InChI=1S/C47H73N13O13S3/c1-74-18-15-33-43(70)55-24-38(64)56-34(19-27-9-4-2-5-10-27)46(73)60-36(40(50)67)26-76-75-25-29(21-30(61)12-6-3-7-16-48)42(69)57-32(13-14-37(49)63)45(72)59-35(22-39(65)66)44(71)54-23-31(62)20-28(41(68)58-33)11-8-17-53-47(51)52/h2,4-5,9-10,28-29,32-36H,3,6-8,11-26,48H2,1H3,(H2,49,63)(H2,50,67)(H,54,71)(H,55,70)(H,56,64)(H,57,69)(H,58,68)(H,59,72)(H,60,73)(H,65,66)(H4,51,52,53)/t28-,29+,32+,33+,34+,35-,36+/m0/s1. The van der Waals surface area contributed by atoms with Gasteiger partial charge in [0.1, 0.15) is 36.0 Å². The van der Waals surface area contributed by atoms with Crippen LogP contribution >= 0.6 is 33.3 Å². The van der Waals surface area contributed by atoms with E-state index >= 15 is 0 Å². The Morgan fingerprint density at radius 3 is 1.91 bits per heavy atom. The van der Waals surface area contributed by atoms with Crippen molar-refractivity contribution in [1.82, 2.24) is 37.2 Å². The lowest BCUT2D eigenvalue weighted by Gasteiger charge is -2.24. The number of carbonyl (C=O) groups is 12. The number of hydrogen-bond donors (Lipinski definition) is 13. The molecule has 2 rings (SSSR count). The van der Waals surface area contributed by atoms with Crippen molar-refractivity contribution in [1.29, 1.82) is 0 Å². The smallest absolute Gasteiger partial charge is 0.305 e. The predicted molar refractivity (Wildman–Crippen MR) is 287 cm³/mol. The summed E-state index contributed by atoms with van der Waals surface area (Å²) in [5, 5.41) is 27.0. The van der Waals surface area contributed by atoms with Crippen LogP contribution in [-0.4, -0.2) is 162 Å². The molecule has 1 aliphatic heterocycles. The summed E-state index contributed by atoms with van der Waals surface area (Å²) in [6.07, 6.45) is 1.11. The number of thioether (sulfide) groups is 1. The number of Topliss-reactive ketones (excluding diaryl/α,β-unsaturated/α-hetero) is 2. The maximum atomic E-state index is 14.0. The van der Waals surface area contributed by atoms with Crippen LogP contribution in [0.25, 0.3) is 0 Å². The fourth-order valence-electron chi connectivity index (χ4n) is 7.38. The third-order valence-corrected chi connectivity index (χ3v) is 14.6. The molecule has 1 aliphatic rings. The summed E-state index contributed by atoms with van der Waals surface area (Å²) in [7, 11) is 2.03. The van der Waals surface area contributed by atoms with Gasteiger partial charge in [0, 0.05) is 56.1 Å². The molecule has 18 N–H and O–H groups in total. The molecule has 29 heteroatoms. The van der Waals surface area contributed by atoms with E-state index in [9.17, 15) is 62.6 Å². The zero-order chi connectivity index (χ0) is 56.6. The zero-order valence-electron chi connectivity index (χ0n) is 42.5. The van der Waals surface area contributed by atoms with E-state index in [-0.39, 0.29) is 68.3 Å². The van der Waals surface area contributed by atoms with Crippen molar-refractivity contribution in [3.63, 3.8) is 0 Å². The van der Waals surface area contributed by atoms with E-state index < -0.39 is 146 Å². The van der Waals surface area contributed by atoms with E-state index in [1.165, 1.54) is 11.8 Å².